The van der Waals surface area contributed by atoms with Gasteiger partial charge >= 0.3 is 0 Å². The van der Waals surface area contributed by atoms with Gasteiger partial charge in [-0.05, 0) is 31.0 Å². The van der Waals surface area contributed by atoms with Crippen molar-refractivity contribution in [3.63, 3.8) is 0 Å². The van der Waals surface area contributed by atoms with E-state index in [0.29, 0.717) is 5.84 Å². The molecule has 3 heteroatoms. The molecule has 0 unspecified atom stereocenters. The Morgan fingerprint density at radius 1 is 1.31 bits per heavy atom. The zero-order valence-corrected chi connectivity index (χ0v) is 7.82. The molecule has 0 aromatic heterocycles. The van der Waals surface area contributed by atoms with E-state index in [1.807, 2.05) is 24.3 Å². The molecule has 0 aliphatic carbocycles. The maximum Gasteiger partial charge on any atom is 0.153 e. The smallest absolute Gasteiger partial charge is 0.153 e. The van der Waals surface area contributed by atoms with Crippen LogP contribution in [0.2, 0.25) is 0 Å². The van der Waals surface area contributed by atoms with E-state index >= 15 is 0 Å². The number of benzene rings is 1. The van der Waals surface area contributed by atoms with Crippen molar-refractivity contribution in [1.82, 2.24) is 0 Å². The second kappa shape index (κ2) is 4.40. The molecule has 1 aromatic carbocycles. The van der Waals surface area contributed by atoms with E-state index < -0.39 is 0 Å². The average Bonchev–Trinajstić information content (AvgIpc) is 2.21. The largest absolute Gasteiger partial charge is 0.497 e. The molecule has 0 amide bonds. The number of rotatable bonds is 2. The number of ether oxygens (including phenoxy) is 1. The third-order valence-corrected chi connectivity index (χ3v) is 1.71. The van der Waals surface area contributed by atoms with Gasteiger partial charge in [-0.2, -0.15) is 0 Å². The Labute approximate surface area is 77.8 Å². The van der Waals surface area contributed by atoms with Crippen molar-refractivity contribution >= 4 is 12.6 Å². The summed E-state index contributed by atoms with van der Waals surface area (Å²) in [6.07, 6.45) is 0. The van der Waals surface area contributed by atoms with Crippen molar-refractivity contribution in [2.75, 3.05) is 14.2 Å². The highest BCUT2D eigenvalue weighted by molar-refractivity contribution is 6.01. The van der Waals surface area contributed by atoms with Crippen LogP contribution in [-0.4, -0.2) is 26.7 Å². The standard InChI is InChI=1S/C10H12N2O/c1-11-10(12-2)8-4-6-9(13-3)7-5-8/h4-7H,1H2,2-3H3/b12-10-. The summed E-state index contributed by atoms with van der Waals surface area (Å²) in [5.41, 5.74) is 0.943. The van der Waals surface area contributed by atoms with E-state index in [4.69, 9.17) is 4.74 Å². The highest BCUT2D eigenvalue weighted by Gasteiger charge is 1.98. The fraction of sp³-hybridized carbons (Fsp3) is 0.200. The first-order chi connectivity index (χ1) is 6.31. The summed E-state index contributed by atoms with van der Waals surface area (Å²) in [4.78, 5) is 7.77. The van der Waals surface area contributed by atoms with E-state index in [2.05, 4.69) is 16.7 Å². The Morgan fingerprint density at radius 2 is 1.92 bits per heavy atom. The predicted octanol–water partition coefficient (Wildman–Crippen LogP) is 1.77. The summed E-state index contributed by atoms with van der Waals surface area (Å²) in [6.45, 7) is 3.44. The van der Waals surface area contributed by atoms with Gasteiger partial charge < -0.3 is 4.74 Å². The summed E-state index contributed by atoms with van der Waals surface area (Å²) in [5, 5.41) is 0. The fourth-order valence-electron chi connectivity index (χ4n) is 1.03. The van der Waals surface area contributed by atoms with Crippen molar-refractivity contribution in [3.05, 3.63) is 29.8 Å². The van der Waals surface area contributed by atoms with Crippen LogP contribution in [0.1, 0.15) is 5.56 Å². The number of amidine groups is 1. The maximum atomic E-state index is 5.03. The number of hydrogen-bond acceptors (Lipinski definition) is 2. The molecule has 0 fully saturated rings. The highest BCUT2D eigenvalue weighted by atomic mass is 16.5. The molecular weight excluding hydrogens is 164 g/mol. The molecule has 3 nitrogen and oxygen atoms in total. The summed E-state index contributed by atoms with van der Waals surface area (Å²) < 4.78 is 5.03. The van der Waals surface area contributed by atoms with Gasteiger partial charge in [-0.15, -0.1) is 0 Å². The summed E-state index contributed by atoms with van der Waals surface area (Å²) in [6, 6.07) is 7.53. The molecule has 0 saturated carbocycles. The molecule has 68 valence electrons. The zero-order chi connectivity index (χ0) is 9.68. The van der Waals surface area contributed by atoms with Crippen LogP contribution in [-0.2, 0) is 0 Å². The second-order valence-corrected chi connectivity index (χ2v) is 2.43. The number of hydrogen-bond donors (Lipinski definition) is 0. The molecule has 0 saturated heterocycles. The Morgan fingerprint density at radius 3 is 2.31 bits per heavy atom. The Kier molecular flexibility index (Phi) is 3.20. The lowest BCUT2D eigenvalue weighted by Crippen LogP contribution is -1.95. The minimum Gasteiger partial charge on any atom is -0.497 e. The van der Waals surface area contributed by atoms with Gasteiger partial charge in [0.1, 0.15) is 5.75 Å². The molecule has 1 rings (SSSR count). The van der Waals surface area contributed by atoms with Crippen LogP contribution in [0.25, 0.3) is 0 Å². The number of nitrogens with zero attached hydrogens (tertiary/aromatic N) is 2. The topological polar surface area (TPSA) is 34.0 Å². The Balaban J connectivity index is 2.97. The molecule has 1 aromatic rings. The fourth-order valence-corrected chi connectivity index (χ4v) is 1.03. The van der Waals surface area contributed by atoms with E-state index in [-0.39, 0.29) is 0 Å². The van der Waals surface area contributed by atoms with E-state index in [1.54, 1.807) is 14.2 Å². The lowest BCUT2D eigenvalue weighted by molar-refractivity contribution is 0.415. The van der Waals surface area contributed by atoms with Gasteiger partial charge in [0.2, 0.25) is 0 Å². The van der Waals surface area contributed by atoms with Crippen molar-refractivity contribution in [1.29, 1.82) is 0 Å². The minimum absolute atomic E-state index is 0.641. The first-order valence-corrected chi connectivity index (χ1v) is 3.89. The predicted molar refractivity (Wildman–Crippen MR) is 55.0 cm³/mol. The molecule has 0 bridgehead atoms. The molecule has 0 atom stereocenters. The lowest BCUT2D eigenvalue weighted by atomic mass is 10.2. The van der Waals surface area contributed by atoms with Gasteiger partial charge in [0.05, 0.1) is 7.11 Å². The van der Waals surface area contributed by atoms with Crippen molar-refractivity contribution in [3.8, 4) is 5.75 Å². The van der Waals surface area contributed by atoms with Crippen LogP contribution in [0.4, 0.5) is 0 Å². The van der Waals surface area contributed by atoms with Gasteiger partial charge in [-0.1, -0.05) is 0 Å². The van der Waals surface area contributed by atoms with Crippen LogP contribution in [0.3, 0.4) is 0 Å². The third-order valence-electron chi connectivity index (χ3n) is 1.71. The summed E-state index contributed by atoms with van der Waals surface area (Å²) in [5.74, 6) is 1.46. The number of aliphatic imine (C=N–C) groups is 2. The molecule has 0 spiro atoms. The quantitative estimate of drug-likeness (QED) is 0.499. The van der Waals surface area contributed by atoms with Crippen LogP contribution >= 0.6 is 0 Å². The van der Waals surface area contributed by atoms with Crippen LogP contribution < -0.4 is 4.74 Å². The molecule has 0 radical (unpaired) electrons. The minimum atomic E-state index is 0.641. The van der Waals surface area contributed by atoms with Crippen LogP contribution in [0.15, 0.2) is 34.3 Å². The van der Waals surface area contributed by atoms with Gasteiger partial charge in [0, 0.05) is 12.6 Å². The number of methoxy groups -OCH3 is 1. The van der Waals surface area contributed by atoms with Crippen LogP contribution in [0, 0.1) is 0 Å². The SMILES string of the molecule is C=N/C(=N\C)c1ccc(OC)cc1. The monoisotopic (exact) mass is 176 g/mol. The normalized spacial score (nSPS) is 11.1. The molecule has 0 heterocycles. The van der Waals surface area contributed by atoms with Gasteiger partial charge in [0.15, 0.2) is 5.84 Å². The average molecular weight is 176 g/mol. The van der Waals surface area contributed by atoms with Gasteiger partial charge in [-0.25, -0.2) is 4.99 Å². The first-order valence-electron chi connectivity index (χ1n) is 3.89. The van der Waals surface area contributed by atoms with E-state index in [1.165, 1.54) is 0 Å². The van der Waals surface area contributed by atoms with Crippen LogP contribution in [0.5, 0.6) is 5.75 Å². The molecule has 0 aliphatic heterocycles. The third kappa shape index (κ3) is 2.15. The summed E-state index contributed by atoms with van der Waals surface area (Å²) in [7, 11) is 3.32. The highest BCUT2D eigenvalue weighted by Crippen LogP contribution is 2.12. The lowest BCUT2D eigenvalue weighted by Gasteiger charge is -2.01. The van der Waals surface area contributed by atoms with Gasteiger partial charge in [-0.3, -0.25) is 4.99 Å². The molecule has 0 N–H and O–H groups in total. The Bertz CT molecular complexity index is 314. The summed E-state index contributed by atoms with van der Waals surface area (Å²) >= 11 is 0. The van der Waals surface area contributed by atoms with E-state index in [0.717, 1.165) is 11.3 Å². The zero-order valence-electron chi connectivity index (χ0n) is 7.82. The first kappa shape index (κ1) is 9.45. The van der Waals surface area contributed by atoms with Crippen molar-refractivity contribution in [2.24, 2.45) is 9.98 Å². The van der Waals surface area contributed by atoms with Gasteiger partial charge in [0.25, 0.3) is 0 Å². The molecule has 0 aliphatic rings. The second-order valence-electron chi connectivity index (χ2n) is 2.43. The Hall–Kier alpha value is -1.64. The van der Waals surface area contributed by atoms with Crippen molar-refractivity contribution in [2.45, 2.75) is 0 Å². The molecule has 13 heavy (non-hydrogen) atoms. The maximum absolute atomic E-state index is 5.03. The van der Waals surface area contributed by atoms with E-state index in [9.17, 15) is 0 Å². The van der Waals surface area contributed by atoms with Crippen molar-refractivity contribution < 1.29 is 4.74 Å². The molecular formula is C10H12N2O.